The zero-order valence-corrected chi connectivity index (χ0v) is 6.64. The van der Waals surface area contributed by atoms with Crippen molar-refractivity contribution in [2.45, 2.75) is 31.7 Å². The minimum absolute atomic E-state index is 0.855. The van der Waals surface area contributed by atoms with Gasteiger partial charge in [-0.05, 0) is 25.2 Å². The molecule has 2 nitrogen and oxygen atoms in total. The van der Waals surface area contributed by atoms with Crippen LogP contribution in [-0.2, 0) is 0 Å². The SMILES string of the molecule is CN1NCCC2CCCC21. The second kappa shape index (κ2) is 2.51. The Balaban J connectivity index is 2.03. The second-order valence-corrected chi connectivity index (χ2v) is 3.57. The summed E-state index contributed by atoms with van der Waals surface area (Å²) in [6.07, 6.45) is 5.72. The van der Waals surface area contributed by atoms with E-state index < -0.39 is 0 Å². The molecule has 1 heterocycles. The molecule has 2 unspecified atom stereocenters. The van der Waals surface area contributed by atoms with E-state index in [4.69, 9.17) is 0 Å². The summed E-state index contributed by atoms with van der Waals surface area (Å²) in [5.41, 5.74) is 3.39. The van der Waals surface area contributed by atoms with E-state index in [2.05, 4.69) is 17.5 Å². The molecule has 1 aliphatic carbocycles. The van der Waals surface area contributed by atoms with Gasteiger partial charge < -0.3 is 0 Å². The third-order valence-corrected chi connectivity index (χ3v) is 2.99. The van der Waals surface area contributed by atoms with Gasteiger partial charge in [0, 0.05) is 19.6 Å². The Hall–Kier alpha value is -0.0800. The first kappa shape index (κ1) is 6.62. The standard InChI is InChI=1S/C8H16N2/c1-10-8-4-2-3-7(8)5-6-9-10/h7-9H,2-6H2,1H3. The van der Waals surface area contributed by atoms with E-state index in [1.165, 1.54) is 32.2 Å². The third-order valence-electron chi connectivity index (χ3n) is 2.99. The fourth-order valence-electron chi connectivity index (χ4n) is 2.41. The van der Waals surface area contributed by atoms with E-state index in [-0.39, 0.29) is 0 Å². The first-order valence-corrected chi connectivity index (χ1v) is 4.34. The van der Waals surface area contributed by atoms with E-state index in [1.807, 2.05) is 0 Å². The Morgan fingerprint density at radius 1 is 1.30 bits per heavy atom. The number of fused-ring (bicyclic) bond motifs is 1. The minimum atomic E-state index is 0.855. The van der Waals surface area contributed by atoms with Crippen molar-refractivity contribution in [2.75, 3.05) is 13.6 Å². The predicted octanol–water partition coefficient (Wildman–Crippen LogP) is 0.995. The second-order valence-electron chi connectivity index (χ2n) is 3.57. The van der Waals surface area contributed by atoms with Crippen molar-refractivity contribution in [1.29, 1.82) is 0 Å². The van der Waals surface area contributed by atoms with Gasteiger partial charge in [-0.3, -0.25) is 5.43 Å². The van der Waals surface area contributed by atoms with Crippen LogP contribution in [0.4, 0.5) is 0 Å². The average molecular weight is 140 g/mol. The quantitative estimate of drug-likeness (QED) is 0.540. The van der Waals surface area contributed by atoms with Crippen LogP contribution < -0.4 is 5.43 Å². The molecule has 0 aromatic rings. The number of nitrogens with one attached hydrogen (secondary N) is 1. The van der Waals surface area contributed by atoms with Crippen molar-refractivity contribution in [3.63, 3.8) is 0 Å². The highest BCUT2D eigenvalue weighted by Crippen LogP contribution is 2.32. The summed E-state index contributed by atoms with van der Waals surface area (Å²) in [4.78, 5) is 0. The van der Waals surface area contributed by atoms with E-state index in [0.29, 0.717) is 0 Å². The van der Waals surface area contributed by atoms with Gasteiger partial charge in [-0.25, -0.2) is 5.01 Å². The molecule has 2 rings (SSSR count). The molecular formula is C8H16N2. The van der Waals surface area contributed by atoms with Gasteiger partial charge in [0.1, 0.15) is 0 Å². The van der Waals surface area contributed by atoms with E-state index in [9.17, 15) is 0 Å². The Morgan fingerprint density at radius 3 is 3.00 bits per heavy atom. The van der Waals surface area contributed by atoms with E-state index in [0.717, 1.165) is 12.0 Å². The van der Waals surface area contributed by atoms with Gasteiger partial charge in [-0.1, -0.05) is 6.42 Å². The minimum Gasteiger partial charge on any atom is -0.255 e. The van der Waals surface area contributed by atoms with Gasteiger partial charge in [0.2, 0.25) is 0 Å². The van der Waals surface area contributed by atoms with E-state index >= 15 is 0 Å². The number of hydrazine groups is 1. The summed E-state index contributed by atoms with van der Waals surface area (Å²) in [5.74, 6) is 1.01. The first-order chi connectivity index (χ1) is 4.88. The van der Waals surface area contributed by atoms with Crippen molar-refractivity contribution >= 4 is 0 Å². The highest BCUT2D eigenvalue weighted by atomic mass is 15.5. The first-order valence-electron chi connectivity index (χ1n) is 4.34. The summed E-state index contributed by atoms with van der Waals surface area (Å²) in [5, 5.41) is 2.32. The highest BCUT2D eigenvalue weighted by molar-refractivity contribution is 4.85. The summed E-state index contributed by atoms with van der Waals surface area (Å²) < 4.78 is 0. The molecule has 2 atom stereocenters. The summed E-state index contributed by atoms with van der Waals surface area (Å²) in [7, 11) is 2.18. The molecule has 1 saturated heterocycles. The Bertz CT molecular complexity index is 124. The third kappa shape index (κ3) is 0.956. The van der Waals surface area contributed by atoms with Crippen LogP contribution in [0, 0.1) is 5.92 Å². The normalized spacial score (nSPS) is 41.7. The van der Waals surface area contributed by atoms with Crippen LogP contribution in [0.1, 0.15) is 25.7 Å². The Morgan fingerprint density at radius 2 is 2.20 bits per heavy atom. The van der Waals surface area contributed by atoms with Gasteiger partial charge in [0.15, 0.2) is 0 Å². The van der Waals surface area contributed by atoms with Crippen molar-refractivity contribution in [2.24, 2.45) is 5.92 Å². The largest absolute Gasteiger partial charge is 0.255 e. The van der Waals surface area contributed by atoms with Gasteiger partial charge >= 0.3 is 0 Å². The lowest BCUT2D eigenvalue weighted by molar-refractivity contribution is 0.0864. The van der Waals surface area contributed by atoms with E-state index in [1.54, 1.807) is 0 Å². The molecule has 2 fully saturated rings. The summed E-state index contributed by atoms with van der Waals surface area (Å²) in [6.45, 7) is 1.19. The van der Waals surface area contributed by atoms with Crippen LogP contribution in [0.2, 0.25) is 0 Å². The number of rotatable bonds is 0. The molecule has 1 saturated carbocycles. The van der Waals surface area contributed by atoms with Gasteiger partial charge in [-0.2, -0.15) is 0 Å². The van der Waals surface area contributed by atoms with Crippen molar-refractivity contribution in [3.8, 4) is 0 Å². The molecule has 0 aromatic carbocycles. The molecule has 0 amide bonds. The monoisotopic (exact) mass is 140 g/mol. The van der Waals surface area contributed by atoms with Crippen molar-refractivity contribution in [1.82, 2.24) is 10.4 Å². The maximum atomic E-state index is 3.39. The molecule has 1 N–H and O–H groups in total. The van der Waals surface area contributed by atoms with Gasteiger partial charge in [0.05, 0.1) is 0 Å². The molecule has 10 heavy (non-hydrogen) atoms. The predicted molar refractivity (Wildman–Crippen MR) is 41.5 cm³/mol. The van der Waals surface area contributed by atoms with Gasteiger partial charge in [0.25, 0.3) is 0 Å². The molecule has 2 aliphatic rings. The zero-order valence-electron chi connectivity index (χ0n) is 6.64. The molecule has 0 spiro atoms. The average Bonchev–Trinajstić information content (AvgIpc) is 2.36. The smallest absolute Gasteiger partial charge is 0.0269 e. The fraction of sp³-hybridized carbons (Fsp3) is 1.00. The molecule has 58 valence electrons. The molecule has 0 bridgehead atoms. The van der Waals surface area contributed by atoms with Gasteiger partial charge in [-0.15, -0.1) is 0 Å². The molecular weight excluding hydrogens is 124 g/mol. The van der Waals surface area contributed by atoms with Crippen LogP contribution >= 0.6 is 0 Å². The Labute approximate surface area is 62.6 Å². The number of hydrogen-bond donors (Lipinski definition) is 1. The summed E-state index contributed by atoms with van der Waals surface area (Å²) in [6, 6.07) is 0.855. The lowest BCUT2D eigenvalue weighted by Gasteiger charge is -2.35. The summed E-state index contributed by atoms with van der Waals surface area (Å²) >= 11 is 0. The lowest BCUT2D eigenvalue weighted by atomic mass is 9.98. The maximum Gasteiger partial charge on any atom is 0.0269 e. The van der Waals surface area contributed by atoms with Crippen LogP contribution in [-0.4, -0.2) is 24.6 Å². The Kier molecular flexibility index (Phi) is 1.66. The van der Waals surface area contributed by atoms with Crippen molar-refractivity contribution in [3.05, 3.63) is 0 Å². The fourth-order valence-corrected chi connectivity index (χ4v) is 2.41. The number of hydrogen-bond acceptors (Lipinski definition) is 2. The molecule has 0 aromatic heterocycles. The van der Waals surface area contributed by atoms with Crippen LogP contribution in [0.5, 0.6) is 0 Å². The molecule has 0 radical (unpaired) electrons. The van der Waals surface area contributed by atoms with Crippen molar-refractivity contribution < 1.29 is 0 Å². The lowest BCUT2D eigenvalue weighted by Crippen LogP contribution is -2.49. The van der Waals surface area contributed by atoms with Crippen LogP contribution in [0.25, 0.3) is 0 Å². The van der Waals surface area contributed by atoms with Crippen LogP contribution in [0.3, 0.4) is 0 Å². The number of nitrogens with zero attached hydrogens (tertiary/aromatic N) is 1. The highest BCUT2D eigenvalue weighted by Gasteiger charge is 2.32. The molecule has 2 heteroatoms. The zero-order chi connectivity index (χ0) is 6.97. The molecule has 1 aliphatic heterocycles. The topological polar surface area (TPSA) is 15.3 Å². The maximum absolute atomic E-state index is 3.39. The van der Waals surface area contributed by atoms with Crippen LogP contribution in [0.15, 0.2) is 0 Å².